The van der Waals surface area contributed by atoms with Crippen molar-refractivity contribution in [3.05, 3.63) is 65.6 Å². The molecule has 3 N–H and O–H groups in total. The number of aryl methyl sites for hydroxylation is 2. The van der Waals surface area contributed by atoms with Crippen LogP contribution in [0.5, 0.6) is 5.75 Å². The zero-order chi connectivity index (χ0) is 19.2. The number of nitrogens with two attached hydrogens (primary N) is 1. The Kier molecular flexibility index (Phi) is 5.71. The minimum absolute atomic E-state index is 0.303. The summed E-state index contributed by atoms with van der Waals surface area (Å²) in [4.78, 5) is 4.00. The van der Waals surface area contributed by atoms with Gasteiger partial charge < -0.3 is 10.5 Å². The highest BCUT2D eigenvalue weighted by atomic mass is 16.5. The van der Waals surface area contributed by atoms with E-state index in [1.54, 1.807) is 6.21 Å². The molecule has 0 spiro atoms. The average Bonchev–Trinajstić information content (AvgIpc) is 2.96. The van der Waals surface area contributed by atoms with E-state index in [2.05, 4.69) is 55.9 Å². The van der Waals surface area contributed by atoms with E-state index in [0.717, 1.165) is 22.7 Å². The largest absolute Gasteiger partial charge is 0.485 e. The van der Waals surface area contributed by atoms with Crippen LogP contribution in [0.25, 0.3) is 5.65 Å². The maximum absolute atomic E-state index is 5.93. The second-order valence-corrected chi connectivity index (χ2v) is 6.24. The molecule has 0 atom stereocenters. The fourth-order valence-corrected chi connectivity index (χ4v) is 2.72. The lowest BCUT2D eigenvalue weighted by Crippen LogP contribution is -2.27. The predicted octanol–water partition coefficient (Wildman–Crippen LogP) is 1.91. The highest BCUT2D eigenvalue weighted by Crippen LogP contribution is 2.14. The third-order valence-corrected chi connectivity index (χ3v) is 4.15. The Hall–Kier alpha value is -3.35. The van der Waals surface area contributed by atoms with Crippen molar-refractivity contribution in [3.63, 3.8) is 0 Å². The van der Waals surface area contributed by atoms with E-state index in [1.807, 2.05) is 38.2 Å². The highest BCUT2D eigenvalue weighted by Gasteiger charge is 2.14. The molecule has 2 aromatic heterocycles. The van der Waals surface area contributed by atoms with Gasteiger partial charge in [-0.2, -0.15) is 5.10 Å². The first-order valence-electron chi connectivity index (χ1n) is 8.85. The SMILES string of the molecule is CCN=C(N)N/N=C/c1ccc(OCc2c[n+]3cc(C)ccc3n2C)cc1. The molecule has 27 heavy (non-hydrogen) atoms. The van der Waals surface area contributed by atoms with Crippen molar-refractivity contribution in [3.8, 4) is 5.75 Å². The molecule has 3 aromatic rings. The molecule has 0 saturated carbocycles. The molecule has 1 aromatic carbocycles. The second-order valence-electron chi connectivity index (χ2n) is 6.24. The summed E-state index contributed by atoms with van der Waals surface area (Å²) in [6, 6.07) is 11.9. The Morgan fingerprint density at radius 1 is 1.22 bits per heavy atom. The summed E-state index contributed by atoms with van der Waals surface area (Å²) in [5.41, 5.74) is 12.7. The van der Waals surface area contributed by atoms with Crippen LogP contribution in [-0.4, -0.2) is 23.3 Å². The first kappa shape index (κ1) is 18.4. The summed E-state index contributed by atoms with van der Waals surface area (Å²) in [6.45, 7) is 5.11. The van der Waals surface area contributed by atoms with E-state index < -0.39 is 0 Å². The fourth-order valence-electron chi connectivity index (χ4n) is 2.72. The van der Waals surface area contributed by atoms with Crippen LogP contribution in [0.4, 0.5) is 0 Å². The highest BCUT2D eigenvalue weighted by molar-refractivity contribution is 5.83. The monoisotopic (exact) mass is 365 g/mol. The van der Waals surface area contributed by atoms with Gasteiger partial charge in [-0.15, -0.1) is 0 Å². The number of fused-ring (bicyclic) bond motifs is 1. The molecule has 3 rings (SSSR count). The van der Waals surface area contributed by atoms with Gasteiger partial charge >= 0.3 is 0 Å². The number of pyridine rings is 1. The number of aliphatic imine (C=N–C) groups is 1. The molecule has 0 bridgehead atoms. The summed E-state index contributed by atoms with van der Waals surface area (Å²) < 4.78 is 10.2. The van der Waals surface area contributed by atoms with Crippen molar-refractivity contribution in [1.82, 2.24) is 9.99 Å². The van der Waals surface area contributed by atoms with Crippen molar-refractivity contribution < 1.29 is 9.14 Å². The molecule has 0 fully saturated rings. The molecule has 0 radical (unpaired) electrons. The fraction of sp³-hybridized carbons (Fsp3) is 0.250. The van der Waals surface area contributed by atoms with Gasteiger partial charge in [0.05, 0.1) is 19.5 Å². The Balaban J connectivity index is 1.61. The van der Waals surface area contributed by atoms with Gasteiger partial charge in [0.25, 0.3) is 5.65 Å². The van der Waals surface area contributed by atoms with E-state index in [9.17, 15) is 0 Å². The Labute approximate surface area is 158 Å². The van der Waals surface area contributed by atoms with Gasteiger partial charge in [-0.3, -0.25) is 4.99 Å². The molecule has 0 aliphatic rings. The number of benzene rings is 1. The van der Waals surface area contributed by atoms with Gasteiger partial charge in [-0.1, -0.05) is 0 Å². The maximum atomic E-state index is 5.93. The molecule has 2 heterocycles. The summed E-state index contributed by atoms with van der Waals surface area (Å²) in [5, 5.41) is 4.05. The number of hydrazone groups is 1. The lowest BCUT2D eigenvalue weighted by molar-refractivity contribution is -0.511. The minimum Gasteiger partial charge on any atom is -0.485 e. The van der Waals surface area contributed by atoms with Gasteiger partial charge in [0.2, 0.25) is 5.96 Å². The standard InChI is InChI=1S/C20H25N6O/c1-4-22-20(21)24-23-11-16-6-8-18(9-7-16)27-14-17-13-26-12-15(2)5-10-19(26)25(17)3/h5-13H,4,14H2,1-3H3,(H3,21,22,24)/q+1/b23-11+. The van der Waals surface area contributed by atoms with E-state index in [-0.39, 0.29) is 0 Å². The molecular weight excluding hydrogens is 340 g/mol. The van der Waals surface area contributed by atoms with E-state index in [0.29, 0.717) is 19.1 Å². The van der Waals surface area contributed by atoms with Gasteiger partial charge in [0, 0.05) is 12.6 Å². The van der Waals surface area contributed by atoms with Crippen molar-refractivity contribution >= 4 is 17.8 Å². The zero-order valence-corrected chi connectivity index (χ0v) is 15.9. The van der Waals surface area contributed by atoms with Crippen LogP contribution in [0, 0.1) is 6.92 Å². The Morgan fingerprint density at radius 2 is 2.00 bits per heavy atom. The Bertz CT molecular complexity index is 972. The molecule has 0 aliphatic carbocycles. The van der Waals surface area contributed by atoms with Crippen LogP contribution in [-0.2, 0) is 13.7 Å². The van der Waals surface area contributed by atoms with Gasteiger partial charge in [0.1, 0.15) is 11.9 Å². The lowest BCUT2D eigenvalue weighted by Gasteiger charge is -2.04. The van der Waals surface area contributed by atoms with E-state index >= 15 is 0 Å². The molecule has 0 unspecified atom stereocenters. The van der Waals surface area contributed by atoms with Crippen LogP contribution in [0.2, 0.25) is 0 Å². The number of hydrogen-bond donors (Lipinski definition) is 2. The van der Waals surface area contributed by atoms with Crippen molar-refractivity contribution in [2.45, 2.75) is 20.5 Å². The predicted molar refractivity (Wildman–Crippen MR) is 107 cm³/mol. The van der Waals surface area contributed by atoms with E-state index in [1.165, 1.54) is 5.56 Å². The first-order valence-corrected chi connectivity index (χ1v) is 8.85. The van der Waals surface area contributed by atoms with Crippen LogP contribution in [0.1, 0.15) is 23.7 Å². The van der Waals surface area contributed by atoms with E-state index in [4.69, 9.17) is 10.5 Å². The normalized spacial score (nSPS) is 12.0. The van der Waals surface area contributed by atoms with Gasteiger partial charge in [-0.05, 0) is 55.3 Å². The number of imidazole rings is 1. The Morgan fingerprint density at radius 3 is 2.74 bits per heavy atom. The summed E-state index contributed by atoms with van der Waals surface area (Å²) in [7, 11) is 2.05. The van der Waals surface area contributed by atoms with Crippen LogP contribution >= 0.6 is 0 Å². The van der Waals surface area contributed by atoms with Gasteiger partial charge in [-0.25, -0.2) is 14.4 Å². The molecule has 0 amide bonds. The third kappa shape index (κ3) is 4.63. The van der Waals surface area contributed by atoms with Gasteiger partial charge in [0.15, 0.2) is 12.3 Å². The number of nitrogens with zero attached hydrogens (tertiary/aromatic N) is 4. The average molecular weight is 365 g/mol. The maximum Gasteiger partial charge on any atom is 0.286 e. The lowest BCUT2D eigenvalue weighted by atomic mass is 10.2. The number of aromatic nitrogens is 2. The first-order chi connectivity index (χ1) is 13.1. The second kappa shape index (κ2) is 8.35. The van der Waals surface area contributed by atoms with Crippen LogP contribution < -0.4 is 20.3 Å². The number of nitrogens with one attached hydrogen (secondary N) is 1. The topological polar surface area (TPSA) is 81.0 Å². The number of guanidine groups is 1. The summed E-state index contributed by atoms with van der Waals surface area (Å²) in [5.74, 6) is 1.11. The minimum atomic E-state index is 0.303. The molecule has 140 valence electrons. The number of hydrogen-bond acceptors (Lipinski definition) is 3. The van der Waals surface area contributed by atoms with Crippen LogP contribution in [0.15, 0.2) is 58.9 Å². The number of rotatable bonds is 6. The summed E-state index contributed by atoms with van der Waals surface area (Å²) >= 11 is 0. The zero-order valence-electron chi connectivity index (χ0n) is 15.9. The molecule has 0 saturated heterocycles. The number of ether oxygens (including phenoxy) is 1. The van der Waals surface area contributed by atoms with Crippen LogP contribution in [0.3, 0.4) is 0 Å². The molecule has 7 nitrogen and oxygen atoms in total. The third-order valence-electron chi connectivity index (χ3n) is 4.15. The van der Waals surface area contributed by atoms with Crippen molar-refractivity contribution in [1.29, 1.82) is 0 Å². The smallest absolute Gasteiger partial charge is 0.286 e. The summed E-state index contributed by atoms with van der Waals surface area (Å²) in [6.07, 6.45) is 5.89. The van der Waals surface area contributed by atoms with Crippen molar-refractivity contribution in [2.75, 3.05) is 6.54 Å². The molecular formula is C20H25N6O+. The van der Waals surface area contributed by atoms with Crippen molar-refractivity contribution in [2.24, 2.45) is 22.9 Å². The molecule has 0 aliphatic heterocycles. The quantitative estimate of drug-likeness (QED) is 0.303. The molecule has 7 heteroatoms.